The van der Waals surface area contributed by atoms with E-state index in [-0.39, 0.29) is 12.5 Å². The van der Waals surface area contributed by atoms with Crippen LogP contribution in [0, 0.1) is 5.92 Å². The first-order chi connectivity index (χ1) is 10.2. The number of carbonyl (C=O) groups is 1. The van der Waals surface area contributed by atoms with Gasteiger partial charge in [-0.25, -0.2) is 0 Å². The highest BCUT2D eigenvalue weighted by molar-refractivity contribution is 5.78. The van der Waals surface area contributed by atoms with Crippen molar-refractivity contribution in [2.75, 3.05) is 19.7 Å². The van der Waals surface area contributed by atoms with Gasteiger partial charge in [0, 0.05) is 13.1 Å². The Morgan fingerprint density at radius 3 is 3.00 bits per heavy atom. The van der Waals surface area contributed by atoms with Crippen LogP contribution in [0.15, 0.2) is 18.2 Å². The van der Waals surface area contributed by atoms with Crippen molar-refractivity contribution < 1.29 is 9.53 Å². The Morgan fingerprint density at radius 1 is 1.29 bits per heavy atom. The highest BCUT2D eigenvalue weighted by Crippen LogP contribution is 2.29. The number of fused-ring (bicyclic) bond motifs is 1. The average molecular weight is 287 g/mol. The maximum atomic E-state index is 12.3. The molecule has 3 heteroatoms. The summed E-state index contributed by atoms with van der Waals surface area (Å²) in [6.07, 6.45) is 7.07. The van der Waals surface area contributed by atoms with Gasteiger partial charge in [0.2, 0.25) is 0 Å². The van der Waals surface area contributed by atoms with Crippen LogP contribution in [0.3, 0.4) is 0 Å². The number of likely N-dealkylation sites (tertiary alicyclic amines) is 1. The van der Waals surface area contributed by atoms with E-state index in [1.54, 1.807) is 0 Å². The lowest BCUT2D eigenvalue weighted by Crippen LogP contribution is -2.41. The van der Waals surface area contributed by atoms with Crippen LogP contribution in [0.2, 0.25) is 0 Å². The lowest BCUT2D eigenvalue weighted by Gasteiger charge is -2.31. The monoisotopic (exact) mass is 287 g/mol. The number of hydrogen-bond donors (Lipinski definition) is 0. The van der Waals surface area contributed by atoms with Crippen LogP contribution in [-0.4, -0.2) is 30.5 Å². The van der Waals surface area contributed by atoms with E-state index in [0.717, 1.165) is 38.1 Å². The number of aryl methyl sites for hydroxylation is 1. The number of rotatable bonds is 3. The van der Waals surface area contributed by atoms with Crippen LogP contribution in [0.4, 0.5) is 0 Å². The fourth-order valence-corrected chi connectivity index (χ4v) is 3.53. The number of benzene rings is 1. The van der Waals surface area contributed by atoms with E-state index in [1.165, 1.54) is 30.4 Å². The average Bonchev–Trinajstić information content (AvgIpc) is 2.52. The van der Waals surface area contributed by atoms with Crippen LogP contribution >= 0.6 is 0 Å². The van der Waals surface area contributed by atoms with E-state index in [4.69, 9.17) is 4.74 Å². The summed E-state index contributed by atoms with van der Waals surface area (Å²) in [5.41, 5.74) is 2.72. The molecule has 1 aliphatic heterocycles. The van der Waals surface area contributed by atoms with E-state index >= 15 is 0 Å². The quantitative estimate of drug-likeness (QED) is 0.854. The SMILES string of the molecule is C[C@@H]1CCCN(C(=O)COc2cccc3c2CCCC3)C1. The van der Waals surface area contributed by atoms with Gasteiger partial charge in [-0.15, -0.1) is 0 Å². The molecule has 3 rings (SSSR count). The fourth-order valence-electron chi connectivity index (χ4n) is 3.53. The third-order valence-electron chi connectivity index (χ3n) is 4.71. The molecule has 0 bridgehead atoms. The van der Waals surface area contributed by atoms with Crippen molar-refractivity contribution in [1.29, 1.82) is 0 Å². The van der Waals surface area contributed by atoms with Crippen LogP contribution in [-0.2, 0) is 17.6 Å². The molecule has 0 saturated carbocycles. The van der Waals surface area contributed by atoms with Gasteiger partial charge in [-0.05, 0) is 61.6 Å². The fraction of sp³-hybridized carbons (Fsp3) is 0.611. The molecule has 0 spiro atoms. The second-order valence-corrected chi connectivity index (χ2v) is 6.48. The summed E-state index contributed by atoms with van der Waals surface area (Å²) in [5.74, 6) is 1.67. The first-order valence-electron chi connectivity index (χ1n) is 8.25. The highest BCUT2D eigenvalue weighted by Gasteiger charge is 2.22. The minimum Gasteiger partial charge on any atom is -0.483 e. The molecule has 1 aliphatic carbocycles. The first kappa shape index (κ1) is 14.4. The maximum Gasteiger partial charge on any atom is 0.260 e. The molecule has 0 unspecified atom stereocenters. The van der Waals surface area contributed by atoms with Crippen LogP contribution in [0.25, 0.3) is 0 Å². The Labute approximate surface area is 127 Å². The van der Waals surface area contributed by atoms with Crippen molar-refractivity contribution >= 4 is 5.91 Å². The third-order valence-corrected chi connectivity index (χ3v) is 4.71. The smallest absolute Gasteiger partial charge is 0.260 e. The van der Waals surface area contributed by atoms with E-state index < -0.39 is 0 Å². The van der Waals surface area contributed by atoms with Crippen molar-refractivity contribution in [3.63, 3.8) is 0 Å². The summed E-state index contributed by atoms with van der Waals surface area (Å²) < 4.78 is 5.86. The molecule has 114 valence electrons. The van der Waals surface area contributed by atoms with Crippen LogP contribution < -0.4 is 4.74 Å². The molecule has 1 atom stereocenters. The van der Waals surface area contributed by atoms with Gasteiger partial charge in [-0.3, -0.25) is 4.79 Å². The summed E-state index contributed by atoms with van der Waals surface area (Å²) in [4.78, 5) is 14.2. The van der Waals surface area contributed by atoms with Crippen LogP contribution in [0.1, 0.15) is 43.7 Å². The minimum atomic E-state index is 0.134. The maximum absolute atomic E-state index is 12.3. The van der Waals surface area contributed by atoms with E-state index in [2.05, 4.69) is 13.0 Å². The number of piperidine rings is 1. The third kappa shape index (κ3) is 3.39. The Hall–Kier alpha value is -1.51. The molecule has 1 amide bonds. The molecule has 1 fully saturated rings. The van der Waals surface area contributed by atoms with E-state index in [9.17, 15) is 4.79 Å². The zero-order valence-electron chi connectivity index (χ0n) is 12.9. The van der Waals surface area contributed by atoms with Gasteiger partial charge in [-0.2, -0.15) is 0 Å². The van der Waals surface area contributed by atoms with Gasteiger partial charge < -0.3 is 9.64 Å². The molecular weight excluding hydrogens is 262 g/mol. The number of ether oxygens (including phenoxy) is 1. The second-order valence-electron chi connectivity index (χ2n) is 6.48. The molecule has 21 heavy (non-hydrogen) atoms. The molecule has 0 N–H and O–H groups in total. The molecule has 0 aromatic heterocycles. The number of nitrogens with zero attached hydrogens (tertiary/aromatic N) is 1. The van der Waals surface area contributed by atoms with Crippen LogP contribution in [0.5, 0.6) is 5.75 Å². The predicted octanol–water partition coefficient (Wildman–Crippen LogP) is 3.20. The zero-order valence-corrected chi connectivity index (χ0v) is 12.9. The van der Waals surface area contributed by atoms with Crippen molar-refractivity contribution in [1.82, 2.24) is 4.90 Å². The molecule has 1 heterocycles. The van der Waals surface area contributed by atoms with E-state index in [0.29, 0.717) is 5.92 Å². The lowest BCUT2D eigenvalue weighted by atomic mass is 9.91. The Balaban J connectivity index is 1.61. The normalized spacial score (nSPS) is 21.8. The Kier molecular flexibility index (Phi) is 4.47. The summed E-state index contributed by atoms with van der Waals surface area (Å²) in [6.45, 7) is 4.17. The van der Waals surface area contributed by atoms with Gasteiger partial charge >= 0.3 is 0 Å². The molecule has 1 aromatic rings. The summed E-state index contributed by atoms with van der Waals surface area (Å²) in [6, 6.07) is 6.25. The molecule has 2 aliphatic rings. The minimum absolute atomic E-state index is 0.134. The number of hydrogen-bond acceptors (Lipinski definition) is 2. The standard InChI is InChI=1S/C18H25NO2/c1-14-6-5-11-19(12-14)18(20)13-21-17-10-4-8-15-7-2-3-9-16(15)17/h4,8,10,14H,2-3,5-7,9,11-13H2,1H3/t14-/m1/s1. The summed E-state index contributed by atoms with van der Waals surface area (Å²) in [7, 11) is 0. The molecule has 3 nitrogen and oxygen atoms in total. The number of carbonyl (C=O) groups excluding carboxylic acids is 1. The Morgan fingerprint density at radius 2 is 2.14 bits per heavy atom. The molecule has 1 saturated heterocycles. The van der Waals surface area contributed by atoms with Crippen molar-refractivity contribution in [3.8, 4) is 5.75 Å². The van der Waals surface area contributed by atoms with Gasteiger partial charge in [-0.1, -0.05) is 19.1 Å². The number of amides is 1. The predicted molar refractivity (Wildman–Crippen MR) is 83.6 cm³/mol. The lowest BCUT2D eigenvalue weighted by molar-refractivity contribution is -0.135. The van der Waals surface area contributed by atoms with Crippen molar-refractivity contribution in [2.45, 2.75) is 45.4 Å². The largest absolute Gasteiger partial charge is 0.483 e. The Bertz CT molecular complexity index is 512. The van der Waals surface area contributed by atoms with Gasteiger partial charge in [0.05, 0.1) is 0 Å². The van der Waals surface area contributed by atoms with Gasteiger partial charge in [0.25, 0.3) is 5.91 Å². The zero-order chi connectivity index (χ0) is 14.7. The molecular formula is C18H25NO2. The highest BCUT2D eigenvalue weighted by atomic mass is 16.5. The second kappa shape index (κ2) is 6.50. The molecule has 0 radical (unpaired) electrons. The van der Waals surface area contributed by atoms with Gasteiger partial charge in [0.15, 0.2) is 6.61 Å². The summed E-state index contributed by atoms with van der Waals surface area (Å²) >= 11 is 0. The van der Waals surface area contributed by atoms with Gasteiger partial charge in [0.1, 0.15) is 5.75 Å². The van der Waals surface area contributed by atoms with E-state index in [1.807, 2.05) is 17.0 Å². The summed E-state index contributed by atoms with van der Waals surface area (Å²) in [5, 5.41) is 0. The topological polar surface area (TPSA) is 29.5 Å². The van der Waals surface area contributed by atoms with Crippen molar-refractivity contribution in [3.05, 3.63) is 29.3 Å². The molecule has 1 aromatic carbocycles. The first-order valence-corrected chi connectivity index (χ1v) is 8.25. The van der Waals surface area contributed by atoms with Crippen molar-refractivity contribution in [2.24, 2.45) is 5.92 Å².